The number of rotatable bonds is 5. The van der Waals surface area contributed by atoms with E-state index in [9.17, 15) is 14.4 Å². The first-order valence-electron chi connectivity index (χ1n) is 10.4. The summed E-state index contributed by atoms with van der Waals surface area (Å²) in [6.45, 7) is 0.977. The monoisotopic (exact) mass is 404 g/mol. The highest BCUT2D eigenvalue weighted by Crippen LogP contribution is 2.45. The highest BCUT2D eigenvalue weighted by molar-refractivity contribution is 6.21. The fourth-order valence-electron chi connectivity index (χ4n) is 5.37. The van der Waals surface area contributed by atoms with Crippen LogP contribution in [0.5, 0.6) is 5.75 Å². The standard InChI is InChI=1S/C24H24N2O4/c1-30-18-9-7-16(8-10-18)13-17-14-24(11-4-12-26(24)21(17)27)15-25-22(28)19-5-2-3-6-20(19)23(25)29/h2-3,5-10,17H,4,11-15H2,1H3/t17-,24-/m1/s1. The van der Waals surface area contributed by atoms with Gasteiger partial charge < -0.3 is 9.64 Å². The van der Waals surface area contributed by atoms with Gasteiger partial charge in [0.15, 0.2) is 0 Å². The van der Waals surface area contributed by atoms with Crippen LogP contribution in [-0.2, 0) is 11.2 Å². The second-order valence-corrected chi connectivity index (χ2v) is 8.51. The molecule has 2 atom stereocenters. The van der Waals surface area contributed by atoms with Crippen molar-refractivity contribution in [2.24, 2.45) is 5.92 Å². The number of hydrogen-bond acceptors (Lipinski definition) is 4. The van der Waals surface area contributed by atoms with E-state index in [0.29, 0.717) is 30.5 Å². The maximum Gasteiger partial charge on any atom is 0.261 e. The number of carbonyl (C=O) groups excluding carboxylic acids is 3. The van der Waals surface area contributed by atoms with Crippen LogP contribution in [0, 0.1) is 5.92 Å². The average Bonchev–Trinajstić information content (AvgIpc) is 3.36. The van der Waals surface area contributed by atoms with Crippen LogP contribution in [0.3, 0.4) is 0 Å². The molecule has 2 saturated heterocycles. The van der Waals surface area contributed by atoms with E-state index in [4.69, 9.17) is 4.74 Å². The lowest BCUT2D eigenvalue weighted by molar-refractivity contribution is -0.132. The van der Waals surface area contributed by atoms with Gasteiger partial charge in [0.25, 0.3) is 11.8 Å². The lowest BCUT2D eigenvalue weighted by atomic mass is 9.86. The molecule has 0 aromatic heterocycles. The molecule has 3 amide bonds. The zero-order chi connectivity index (χ0) is 20.9. The molecule has 3 aliphatic rings. The van der Waals surface area contributed by atoms with Crippen molar-refractivity contribution in [2.75, 3.05) is 20.2 Å². The molecule has 0 unspecified atom stereocenters. The SMILES string of the molecule is COc1ccc(C[C@@H]2C[C@@]3(CN4C(=O)c5ccccc5C4=O)CCCN3C2=O)cc1. The molecule has 0 bridgehead atoms. The van der Waals surface area contributed by atoms with Crippen molar-refractivity contribution < 1.29 is 19.1 Å². The largest absolute Gasteiger partial charge is 0.497 e. The van der Waals surface area contributed by atoms with Gasteiger partial charge in [-0.15, -0.1) is 0 Å². The van der Waals surface area contributed by atoms with E-state index in [2.05, 4.69) is 0 Å². The third-order valence-corrected chi connectivity index (χ3v) is 6.81. The number of methoxy groups -OCH3 is 1. The molecule has 6 heteroatoms. The highest BCUT2D eigenvalue weighted by atomic mass is 16.5. The van der Waals surface area contributed by atoms with Crippen LogP contribution in [0.2, 0.25) is 0 Å². The van der Waals surface area contributed by atoms with Gasteiger partial charge in [0.1, 0.15) is 5.75 Å². The first kappa shape index (κ1) is 18.9. The van der Waals surface area contributed by atoms with Crippen molar-refractivity contribution in [3.63, 3.8) is 0 Å². The van der Waals surface area contributed by atoms with Gasteiger partial charge in [-0.05, 0) is 55.5 Å². The summed E-state index contributed by atoms with van der Waals surface area (Å²) in [6, 6.07) is 14.8. The first-order chi connectivity index (χ1) is 14.5. The topological polar surface area (TPSA) is 66.9 Å². The van der Waals surface area contributed by atoms with Gasteiger partial charge in [-0.3, -0.25) is 19.3 Å². The van der Waals surface area contributed by atoms with Crippen molar-refractivity contribution in [3.05, 3.63) is 65.2 Å². The van der Waals surface area contributed by atoms with Crippen molar-refractivity contribution >= 4 is 17.7 Å². The normalized spacial score (nSPS) is 25.1. The van der Waals surface area contributed by atoms with Gasteiger partial charge in [0, 0.05) is 12.5 Å². The number of amides is 3. The third kappa shape index (κ3) is 2.82. The van der Waals surface area contributed by atoms with E-state index >= 15 is 0 Å². The molecule has 3 aliphatic heterocycles. The summed E-state index contributed by atoms with van der Waals surface area (Å²) < 4.78 is 5.21. The quantitative estimate of drug-likeness (QED) is 0.719. The molecule has 2 aromatic rings. The van der Waals surface area contributed by atoms with E-state index in [1.165, 1.54) is 4.90 Å². The molecular formula is C24H24N2O4. The third-order valence-electron chi connectivity index (χ3n) is 6.81. The van der Waals surface area contributed by atoms with Crippen molar-refractivity contribution in [1.82, 2.24) is 9.80 Å². The number of ether oxygens (including phenoxy) is 1. The Labute approximate surface area is 175 Å². The van der Waals surface area contributed by atoms with Gasteiger partial charge in [-0.1, -0.05) is 24.3 Å². The Morgan fingerprint density at radius 2 is 1.67 bits per heavy atom. The smallest absolute Gasteiger partial charge is 0.261 e. The summed E-state index contributed by atoms with van der Waals surface area (Å²) in [5.74, 6) is 0.304. The molecule has 0 saturated carbocycles. The number of hydrogen-bond donors (Lipinski definition) is 0. The summed E-state index contributed by atoms with van der Waals surface area (Å²) >= 11 is 0. The van der Waals surface area contributed by atoms with E-state index in [1.807, 2.05) is 29.2 Å². The molecule has 6 nitrogen and oxygen atoms in total. The van der Waals surface area contributed by atoms with Crippen LogP contribution in [0.1, 0.15) is 45.5 Å². The predicted molar refractivity (Wildman–Crippen MR) is 110 cm³/mol. The molecule has 0 aliphatic carbocycles. The Hall–Kier alpha value is -3.15. The predicted octanol–water partition coefficient (Wildman–Crippen LogP) is 2.92. The maximum atomic E-state index is 13.2. The summed E-state index contributed by atoms with van der Waals surface area (Å²) in [7, 11) is 1.63. The molecule has 2 fully saturated rings. The number of nitrogens with zero attached hydrogens (tertiary/aromatic N) is 2. The lowest BCUT2D eigenvalue weighted by Crippen LogP contribution is -2.51. The molecule has 2 aromatic carbocycles. The van der Waals surface area contributed by atoms with Crippen molar-refractivity contribution in [2.45, 2.75) is 31.2 Å². The van der Waals surface area contributed by atoms with Crippen molar-refractivity contribution in [3.8, 4) is 5.75 Å². The number of benzene rings is 2. The Balaban J connectivity index is 1.37. The molecule has 0 spiro atoms. The van der Waals surface area contributed by atoms with Crippen LogP contribution >= 0.6 is 0 Å². The minimum absolute atomic E-state index is 0.131. The second-order valence-electron chi connectivity index (χ2n) is 8.51. The van der Waals surface area contributed by atoms with Crippen LogP contribution < -0.4 is 4.74 Å². The fraction of sp³-hybridized carbons (Fsp3) is 0.375. The summed E-state index contributed by atoms with van der Waals surface area (Å²) in [5.41, 5.74) is 1.57. The van der Waals surface area contributed by atoms with Crippen LogP contribution in [0.4, 0.5) is 0 Å². The molecule has 3 heterocycles. The summed E-state index contributed by atoms with van der Waals surface area (Å²) in [4.78, 5) is 42.2. The van der Waals surface area contributed by atoms with Gasteiger partial charge in [-0.2, -0.15) is 0 Å². The minimum atomic E-state index is -0.443. The Kier molecular flexibility index (Phi) is 4.38. The van der Waals surface area contributed by atoms with Crippen molar-refractivity contribution in [1.29, 1.82) is 0 Å². The molecule has 154 valence electrons. The van der Waals surface area contributed by atoms with E-state index in [0.717, 1.165) is 24.2 Å². The summed E-state index contributed by atoms with van der Waals surface area (Å²) in [6.07, 6.45) is 3.06. The Morgan fingerprint density at radius 1 is 1.00 bits per heavy atom. The zero-order valence-electron chi connectivity index (χ0n) is 17.0. The number of fused-ring (bicyclic) bond motifs is 2. The first-order valence-corrected chi connectivity index (χ1v) is 10.4. The van der Waals surface area contributed by atoms with Crippen LogP contribution in [0.15, 0.2) is 48.5 Å². The van der Waals surface area contributed by atoms with Gasteiger partial charge in [0.2, 0.25) is 5.91 Å². The summed E-state index contributed by atoms with van der Waals surface area (Å²) in [5, 5.41) is 0. The van der Waals surface area contributed by atoms with E-state index < -0.39 is 5.54 Å². The number of imide groups is 1. The zero-order valence-corrected chi connectivity index (χ0v) is 17.0. The van der Waals surface area contributed by atoms with Gasteiger partial charge in [-0.25, -0.2) is 0 Å². The molecular weight excluding hydrogens is 380 g/mol. The average molecular weight is 404 g/mol. The Morgan fingerprint density at radius 3 is 2.30 bits per heavy atom. The van der Waals surface area contributed by atoms with Crippen LogP contribution in [-0.4, -0.2) is 53.3 Å². The van der Waals surface area contributed by atoms with Gasteiger partial charge in [0.05, 0.1) is 30.3 Å². The molecule has 5 rings (SSSR count). The lowest BCUT2D eigenvalue weighted by Gasteiger charge is -2.35. The maximum absolute atomic E-state index is 13.2. The molecule has 30 heavy (non-hydrogen) atoms. The molecule has 0 N–H and O–H groups in total. The Bertz CT molecular complexity index is 997. The van der Waals surface area contributed by atoms with E-state index in [-0.39, 0.29) is 30.2 Å². The second kappa shape index (κ2) is 6.97. The molecule has 0 radical (unpaired) electrons. The fourth-order valence-corrected chi connectivity index (χ4v) is 5.37. The number of carbonyl (C=O) groups is 3. The van der Waals surface area contributed by atoms with E-state index in [1.54, 1.807) is 31.4 Å². The highest BCUT2D eigenvalue weighted by Gasteiger charge is 2.55. The minimum Gasteiger partial charge on any atom is -0.497 e. The van der Waals surface area contributed by atoms with Gasteiger partial charge >= 0.3 is 0 Å². The van der Waals surface area contributed by atoms with Crippen LogP contribution in [0.25, 0.3) is 0 Å².